The van der Waals surface area contributed by atoms with Gasteiger partial charge in [-0.3, -0.25) is 0 Å². The fourth-order valence-electron chi connectivity index (χ4n) is 3.17. The summed E-state index contributed by atoms with van der Waals surface area (Å²) < 4.78 is 5.73. The van der Waals surface area contributed by atoms with Crippen LogP contribution in [-0.2, 0) is 12.8 Å². The smallest absolute Gasteiger partial charge is 0.119 e. The van der Waals surface area contributed by atoms with Gasteiger partial charge < -0.3 is 9.64 Å². The fourth-order valence-corrected chi connectivity index (χ4v) is 3.17. The van der Waals surface area contributed by atoms with E-state index in [2.05, 4.69) is 73.3 Å². The van der Waals surface area contributed by atoms with Gasteiger partial charge in [-0.25, -0.2) is 0 Å². The van der Waals surface area contributed by atoms with E-state index in [1.165, 1.54) is 49.9 Å². The second kappa shape index (κ2) is 12.5. The van der Waals surface area contributed by atoms with E-state index < -0.39 is 0 Å². The Labute approximate surface area is 160 Å². The number of nitrogens with zero attached hydrogens (tertiary/aromatic N) is 1. The molecule has 0 bridgehead atoms. The lowest BCUT2D eigenvalue weighted by atomic mass is 10.1. The molecular formula is C24H35NO. The Balaban J connectivity index is 1.63. The van der Waals surface area contributed by atoms with Crippen molar-refractivity contribution in [2.75, 3.05) is 26.2 Å². The standard InChI is InChI=1S/C24H35NO/c1-3-5-21-26-24-17-15-23(16-18-24)14-10-20-25(4-2)19-9-13-22-11-7-6-8-12-22/h6-8,11-12,15-18H,3-5,9-10,13-14,19-21H2,1-2H3. The van der Waals surface area contributed by atoms with Crippen LogP contribution in [0.1, 0.15) is 50.7 Å². The highest BCUT2D eigenvalue weighted by atomic mass is 16.5. The molecule has 0 N–H and O–H groups in total. The maximum absolute atomic E-state index is 5.73. The molecule has 0 atom stereocenters. The topological polar surface area (TPSA) is 12.5 Å². The summed E-state index contributed by atoms with van der Waals surface area (Å²) in [6.07, 6.45) is 7.08. The SMILES string of the molecule is CCCCOc1ccc(CCCN(CC)CCCc2ccccc2)cc1. The average Bonchev–Trinajstić information content (AvgIpc) is 2.69. The van der Waals surface area contributed by atoms with Gasteiger partial charge in [0, 0.05) is 0 Å². The van der Waals surface area contributed by atoms with E-state index in [1.54, 1.807) is 0 Å². The first-order valence-corrected chi connectivity index (χ1v) is 10.3. The first-order valence-electron chi connectivity index (χ1n) is 10.3. The van der Waals surface area contributed by atoms with Crippen molar-refractivity contribution in [3.8, 4) is 5.75 Å². The minimum absolute atomic E-state index is 0.824. The normalized spacial score (nSPS) is 11.0. The number of ether oxygens (including phenoxy) is 1. The van der Waals surface area contributed by atoms with Gasteiger partial charge in [0.1, 0.15) is 5.75 Å². The van der Waals surface area contributed by atoms with Crippen molar-refractivity contribution in [3.05, 3.63) is 65.7 Å². The van der Waals surface area contributed by atoms with Crippen molar-refractivity contribution in [1.82, 2.24) is 4.90 Å². The summed E-state index contributed by atoms with van der Waals surface area (Å²) in [5.41, 5.74) is 2.86. The van der Waals surface area contributed by atoms with Crippen molar-refractivity contribution in [2.45, 2.75) is 52.4 Å². The molecule has 2 rings (SSSR count). The van der Waals surface area contributed by atoms with Gasteiger partial charge in [0.15, 0.2) is 0 Å². The second-order valence-corrected chi connectivity index (χ2v) is 6.97. The highest BCUT2D eigenvalue weighted by Crippen LogP contribution is 2.14. The van der Waals surface area contributed by atoms with Gasteiger partial charge in [-0.2, -0.15) is 0 Å². The van der Waals surface area contributed by atoms with Gasteiger partial charge in [-0.1, -0.05) is 62.7 Å². The Morgan fingerprint density at radius 1 is 0.731 bits per heavy atom. The minimum Gasteiger partial charge on any atom is -0.494 e. The summed E-state index contributed by atoms with van der Waals surface area (Å²) in [6, 6.07) is 19.5. The molecule has 142 valence electrons. The highest BCUT2D eigenvalue weighted by molar-refractivity contribution is 5.27. The van der Waals surface area contributed by atoms with Crippen LogP contribution in [0.2, 0.25) is 0 Å². The summed E-state index contributed by atoms with van der Waals surface area (Å²) >= 11 is 0. The van der Waals surface area contributed by atoms with Gasteiger partial charge in [0.05, 0.1) is 6.61 Å². The van der Waals surface area contributed by atoms with Crippen LogP contribution in [0.3, 0.4) is 0 Å². The first kappa shape index (κ1) is 20.5. The molecular weight excluding hydrogens is 318 g/mol. The lowest BCUT2D eigenvalue weighted by Gasteiger charge is -2.20. The van der Waals surface area contributed by atoms with E-state index in [9.17, 15) is 0 Å². The molecule has 2 heteroatoms. The van der Waals surface area contributed by atoms with Crippen LogP contribution in [0.5, 0.6) is 5.75 Å². The molecule has 0 radical (unpaired) electrons. The molecule has 2 aromatic rings. The maximum Gasteiger partial charge on any atom is 0.119 e. The molecule has 0 saturated carbocycles. The van der Waals surface area contributed by atoms with E-state index in [1.807, 2.05) is 0 Å². The van der Waals surface area contributed by atoms with Gasteiger partial charge in [-0.15, -0.1) is 0 Å². The largest absolute Gasteiger partial charge is 0.494 e. The average molecular weight is 354 g/mol. The van der Waals surface area contributed by atoms with Crippen molar-refractivity contribution in [3.63, 3.8) is 0 Å². The van der Waals surface area contributed by atoms with Crippen molar-refractivity contribution < 1.29 is 4.74 Å². The molecule has 0 heterocycles. The molecule has 0 aliphatic heterocycles. The first-order chi connectivity index (χ1) is 12.8. The van der Waals surface area contributed by atoms with E-state index >= 15 is 0 Å². The van der Waals surface area contributed by atoms with Crippen LogP contribution in [-0.4, -0.2) is 31.1 Å². The molecule has 0 aliphatic carbocycles. The van der Waals surface area contributed by atoms with Gasteiger partial charge in [0.2, 0.25) is 0 Å². The van der Waals surface area contributed by atoms with Crippen LogP contribution in [0.15, 0.2) is 54.6 Å². The lowest BCUT2D eigenvalue weighted by molar-refractivity contribution is 0.281. The monoisotopic (exact) mass is 353 g/mol. The van der Waals surface area contributed by atoms with Crippen molar-refractivity contribution in [1.29, 1.82) is 0 Å². The third-order valence-corrected chi connectivity index (χ3v) is 4.86. The van der Waals surface area contributed by atoms with Crippen LogP contribution in [0, 0.1) is 0 Å². The van der Waals surface area contributed by atoms with E-state index in [0.29, 0.717) is 0 Å². The number of rotatable bonds is 13. The van der Waals surface area contributed by atoms with Crippen LogP contribution in [0.4, 0.5) is 0 Å². The highest BCUT2D eigenvalue weighted by Gasteiger charge is 2.03. The Bertz CT molecular complexity index is 579. The number of unbranched alkanes of at least 4 members (excludes halogenated alkanes) is 1. The van der Waals surface area contributed by atoms with Crippen LogP contribution < -0.4 is 4.74 Å². The number of aryl methyl sites for hydroxylation is 2. The van der Waals surface area contributed by atoms with Crippen LogP contribution in [0.25, 0.3) is 0 Å². The molecule has 0 saturated heterocycles. The lowest BCUT2D eigenvalue weighted by Crippen LogP contribution is -2.26. The molecule has 0 fully saturated rings. The molecule has 0 spiro atoms. The zero-order valence-electron chi connectivity index (χ0n) is 16.6. The second-order valence-electron chi connectivity index (χ2n) is 6.97. The zero-order chi connectivity index (χ0) is 18.5. The minimum atomic E-state index is 0.824. The summed E-state index contributed by atoms with van der Waals surface area (Å²) in [6.45, 7) is 8.79. The Morgan fingerprint density at radius 3 is 1.92 bits per heavy atom. The van der Waals surface area contributed by atoms with Crippen molar-refractivity contribution in [2.24, 2.45) is 0 Å². The number of hydrogen-bond acceptors (Lipinski definition) is 2. The Kier molecular flexibility index (Phi) is 9.89. The summed E-state index contributed by atoms with van der Waals surface area (Å²) in [5, 5.41) is 0. The predicted molar refractivity (Wildman–Crippen MR) is 112 cm³/mol. The Hall–Kier alpha value is -1.80. The van der Waals surface area contributed by atoms with Gasteiger partial charge in [-0.05, 0) is 75.0 Å². The molecule has 2 aromatic carbocycles. The number of hydrogen-bond donors (Lipinski definition) is 0. The van der Waals surface area contributed by atoms with Crippen LogP contribution >= 0.6 is 0 Å². The van der Waals surface area contributed by atoms with E-state index in [0.717, 1.165) is 31.7 Å². The molecule has 2 nitrogen and oxygen atoms in total. The van der Waals surface area contributed by atoms with Gasteiger partial charge >= 0.3 is 0 Å². The quantitative estimate of drug-likeness (QED) is 0.425. The third kappa shape index (κ3) is 8.05. The summed E-state index contributed by atoms with van der Waals surface area (Å²) in [4.78, 5) is 2.57. The van der Waals surface area contributed by atoms with Gasteiger partial charge in [0.25, 0.3) is 0 Å². The predicted octanol–water partition coefficient (Wildman–Crippen LogP) is 5.75. The summed E-state index contributed by atoms with van der Waals surface area (Å²) in [5.74, 6) is 0.998. The third-order valence-electron chi connectivity index (χ3n) is 4.86. The zero-order valence-corrected chi connectivity index (χ0v) is 16.6. The molecule has 0 unspecified atom stereocenters. The molecule has 0 amide bonds. The molecule has 0 aromatic heterocycles. The fraction of sp³-hybridized carbons (Fsp3) is 0.500. The Morgan fingerprint density at radius 2 is 1.35 bits per heavy atom. The van der Waals surface area contributed by atoms with E-state index in [-0.39, 0.29) is 0 Å². The number of benzene rings is 2. The molecule has 0 aliphatic rings. The van der Waals surface area contributed by atoms with Crippen molar-refractivity contribution >= 4 is 0 Å². The van der Waals surface area contributed by atoms with E-state index in [4.69, 9.17) is 4.74 Å². The molecule has 26 heavy (non-hydrogen) atoms. The maximum atomic E-state index is 5.73. The summed E-state index contributed by atoms with van der Waals surface area (Å²) in [7, 11) is 0.